The number of nitrogens with one attached hydrogen (secondary N) is 2. The van der Waals surface area contributed by atoms with Crippen LogP contribution in [0.5, 0.6) is 5.75 Å². The second-order valence-corrected chi connectivity index (χ2v) is 9.04. The highest BCUT2D eigenvalue weighted by molar-refractivity contribution is 5.97. The first kappa shape index (κ1) is 20.1. The molecular formula is C27H30N2O2. The number of benzene rings is 3. The average molecular weight is 415 g/mol. The van der Waals surface area contributed by atoms with Gasteiger partial charge in [0, 0.05) is 12.1 Å². The van der Waals surface area contributed by atoms with Crippen LogP contribution in [-0.4, -0.2) is 25.6 Å². The van der Waals surface area contributed by atoms with Gasteiger partial charge < -0.3 is 15.4 Å². The number of carbonyl (C=O) groups is 1. The van der Waals surface area contributed by atoms with Gasteiger partial charge in [-0.3, -0.25) is 4.79 Å². The summed E-state index contributed by atoms with van der Waals surface area (Å²) in [5.74, 6) is 1.59. The maximum Gasteiger partial charge on any atom is 0.252 e. The largest absolute Gasteiger partial charge is 0.492 e. The van der Waals surface area contributed by atoms with Crippen molar-refractivity contribution in [1.82, 2.24) is 10.6 Å². The predicted octanol–water partition coefficient (Wildman–Crippen LogP) is 4.95. The third-order valence-corrected chi connectivity index (χ3v) is 6.54. The Labute approximate surface area is 184 Å². The zero-order valence-corrected chi connectivity index (χ0v) is 18.1. The normalized spacial score (nSPS) is 16.8. The molecule has 2 fully saturated rings. The van der Waals surface area contributed by atoms with Gasteiger partial charge in [-0.2, -0.15) is 0 Å². The van der Waals surface area contributed by atoms with Crippen LogP contribution in [0.25, 0.3) is 10.8 Å². The Morgan fingerprint density at radius 3 is 2.68 bits per heavy atom. The van der Waals surface area contributed by atoms with E-state index in [1.54, 1.807) is 0 Å². The number of amides is 1. The van der Waals surface area contributed by atoms with Gasteiger partial charge in [-0.25, -0.2) is 0 Å². The van der Waals surface area contributed by atoms with Gasteiger partial charge in [0.05, 0.1) is 5.54 Å². The lowest BCUT2D eigenvalue weighted by molar-refractivity contribution is 0.0930. The van der Waals surface area contributed by atoms with Gasteiger partial charge in [0.15, 0.2) is 0 Å². The van der Waals surface area contributed by atoms with Gasteiger partial charge in [-0.1, -0.05) is 48.5 Å². The molecule has 160 valence electrons. The number of fused-ring (bicyclic) bond motifs is 1. The fraction of sp³-hybridized carbons (Fsp3) is 0.370. The molecule has 4 heteroatoms. The second kappa shape index (κ2) is 8.35. The van der Waals surface area contributed by atoms with E-state index in [0.29, 0.717) is 12.2 Å². The molecule has 0 saturated heterocycles. The number of carbonyl (C=O) groups excluding carboxylic acids is 1. The van der Waals surface area contributed by atoms with Gasteiger partial charge in [-0.15, -0.1) is 0 Å². The molecule has 3 aromatic rings. The summed E-state index contributed by atoms with van der Waals surface area (Å²) < 4.78 is 5.90. The Bertz CT molecular complexity index is 1090. The zero-order chi connectivity index (χ0) is 21.3. The molecule has 2 N–H and O–H groups in total. The minimum Gasteiger partial charge on any atom is -0.492 e. The first-order chi connectivity index (χ1) is 15.1. The summed E-state index contributed by atoms with van der Waals surface area (Å²) >= 11 is 0. The Morgan fingerprint density at radius 1 is 1.06 bits per heavy atom. The highest BCUT2D eigenvalue weighted by atomic mass is 16.5. The van der Waals surface area contributed by atoms with Crippen LogP contribution >= 0.6 is 0 Å². The Hall–Kier alpha value is -2.85. The number of ether oxygens (including phenoxy) is 1. The van der Waals surface area contributed by atoms with Crippen LogP contribution in [-0.2, 0) is 5.54 Å². The SMILES string of the molecule is Cc1ccc(OCCNCC2CC2)cc1C(=O)NC1(c2cccc3ccccc23)CC1. The van der Waals surface area contributed by atoms with E-state index < -0.39 is 0 Å². The van der Waals surface area contributed by atoms with Crippen LogP contribution < -0.4 is 15.4 Å². The Kier molecular flexibility index (Phi) is 5.41. The number of aryl methyl sites for hydroxylation is 1. The van der Waals surface area contributed by atoms with Crippen LogP contribution in [0.3, 0.4) is 0 Å². The van der Waals surface area contributed by atoms with Crippen molar-refractivity contribution in [2.45, 2.75) is 38.1 Å². The summed E-state index contributed by atoms with van der Waals surface area (Å²) in [6, 6.07) is 20.6. The summed E-state index contributed by atoms with van der Waals surface area (Å²) in [5, 5.41) is 9.21. The van der Waals surface area contributed by atoms with Crippen molar-refractivity contribution in [3.8, 4) is 5.75 Å². The van der Waals surface area contributed by atoms with Gasteiger partial charge in [0.25, 0.3) is 5.91 Å². The van der Waals surface area contributed by atoms with E-state index in [4.69, 9.17) is 4.74 Å². The molecule has 0 aliphatic heterocycles. The van der Waals surface area contributed by atoms with Gasteiger partial charge in [0.1, 0.15) is 12.4 Å². The van der Waals surface area contributed by atoms with Crippen LogP contribution in [0.1, 0.15) is 47.2 Å². The molecule has 3 aromatic carbocycles. The van der Waals surface area contributed by atoms with E-state index in [9.17, 15) is 4.79 Å². The average Bonchev–Trinajstić information content (AvgIpc) is 3.71. The third-order valence-electron chi connectivity index (χ3n) is 6.54. The lowest BCUT2D eigenvalue weighted by Gasteiger charge is -2.21. The second-order valence-electron chi connectivity index (χ2n) is 9.04. The van der Waals surface area contributed by atoms with Crippen molar-refractivity contribution in [1.29, 1.82) is 0 Å². The summed E-state index contributed by atoms with van der Waals surface area (Å²) in [6.07, 6.45) is 4.64. The molecule has 2 aliphatic carbocycles. The van der Waals surface area contributed by atoms with E-state index in [0.717, 1.165) is 43.2 Å². The summed E-state index contributed by atoms with van der Waals surface area (Å²) in [5.41, 5.74) is 2.60. The first-order valence-electron chi connectivity index (χ1n) is 11.4. The standard InChI is InChI=1S/C27H30N2O2/c1-19-9-12-22(31-16-15-28-18-20-10-11-20)17-24(19)26(30)29-27(13-14-27)25-8-4-6-21-5-2-3-7-23(21)25/h2-9,12,17,20,28H,10-11,13-16,18H2,1H3,(H,29,30). The molecule has 0 unspecified atom stereocenters. The fourth-order valence-electron chi connectivity index (χ4n) is 4.32. The van der Waals surface area contributed by atoms with Gasteiger partial charge in [0.2, 0.25) is 0 Å². The van der Waals surface area contributed by atoms with Gasteiger partial charge in [-0.05, 0) is 79.1 Å². The summed E-state index contributed by atoms with van der Waals surface area (Å²) in [4.78, 5) is 13.3. The van der Waals surface area contributed by atoms with Crippen molar-refractivity contribution < 1.29 is 9.53 Å². The van der Waals surface area contributed by atoms with Crippen molar-refractivity contribution in [3.05, 3.63) is 77.4 Å². The molecule has 4 nitrogen and oxygen atoms in total. The van der Waals surface area contributed by atoms with Gasteiger partial charge >= 0.3 is 0 Å². The zero-order valence-electron chi connectivity index (χ0n) is 18.1. The van der Waals surface area contributed by atoms with Crippen LogP contribution in [0.4, 0.5) is 0 Å². The lowest BCUT2D eigenvalue weighted by Crippen LogP contribution is -2.35. The molecule has 0 aromatic heterocycles. The minimum atomic E-state index is -0.270. The Balaban J connectivity index is 1.28. The van der Waals surface area contributed by atoms with E-state index in [-0.39, 0.29) is 11.4 Å². The van der Waals surface area contributed by atoms with Crippen LogP contribution in [0, 0.1) is 12.8 Å². The summed E-state index contributed by atoms with van der Waals surface area (Å²) in [6.45, 7) is 4.50. The lowest BCUT2D eigenvalue weighted by atomic mass is 9.96. The summed E-state index contributed by atoms with van der Waals surface area (Å²) in [7, 11) is 0. The maximum absolute atomic E-state index is 13.3. The number of hydrogen-bond donors (Lipinski definition) is 2. The molecule has 31 heavy (non-hydrogen) atoms. The van der Waals surface area contributed by atoms with E-state index >= 15 is 0 Å². The molecule has 0 bridgehead atoms. The molecule has 2 aliphatic rings. The van der Waals surface area contributed by atoms with E-state index in [1.807, 2.05) is 25.1 Å². The van der Waals surface area contributed by atoms with E-state index in [2.05, 4.69) is 53.1 Å². The fourth-order valence-corrected chi connectivity index (χ4v) is 4.32. The quantitative estimate of drug-likeness (QED) is 0.487. The minimum absolute atomic E-state index is 0.0276. The number of rotatable bonds is 9. The smallest absolute Gasteiger partial charge is 0.252 e. The molecule has 5 rings (SSSR count). The molecule has 0 spiro atoms. The molecular weight excluding hydrogens is 384 g/mol. The highest BCUT2D eigenvalue weighted by Gasteiger charge is 2.46. The molecule has 0 heterocycles. The first-order valence-corrected chi connectivity index (χ1v) is 11.4. The predicted molar refractivity (Wildman–Crippen MR) is 125 cm³/mol. The van der Waals surface area contributed by atoms with E-state index in [1.165, 1.54) is 29.2 Å². The van der Waals surface area contributed by atoms with Crippen LogP contribution in [0.15, 0.2) is 60.7 Å². The van der Waals surface area contributed by atoms with Crippen molar-refractivity contribution in [3.63, 3.8) is 0 Å². The molecule has 2 saturated carbocycles. The van der Waals surface area contributed by atoms with Crippen molar-refractivity contribution >= 4 is 16.7 Å². The Morgan fingerprint density at radius 2 is 1.87 bits per heavy atom. The highest BCUT2D eigenvalue weighted by Crippen LogP contribution is 2.48. The maximum atomic E-state index is 13.3. The number of hydrogen-bond acceptors (Lipinski definition) is 3. The third kappa shape index (κ3) is 4.45. The molecule has 0 radical (unpaired) electrons. The van der Waals surface area contributed by atoms with Crippen molar-refractivity contribution in [2.75, 3.05) is 19.7 Å². The van der Waals surface area contributed by atoms with Crippen molar-refractivity contribution in [2.24, 2.45) is 5.92 Å². The monoisotopic (exact) mass is 414 g/mol. The molecule has 1 amide bonds. The molecule has 0 atom stereocenters. The topological polar surface area (TPSA) is 50.4 Å². The van der Waals surface area contributed by atoms with Crippen LogP contribution in [0.2, 0.25) is 0 Å².